The quantitative estimate of drug-likeness (QED) is 0.775. The van der Waals surface area contributed by atoms with Gasteiger partial charge >= 0.3 is 0 Å². The Morgan fingerprint density at radius 2 is 2.05 bits per heavy atom. The monoisotopic (exact) mass is 309 g/mol. The molecule has 4 nitrogen and oxygen atoms in total. The minimum Gasteiger partial charge on any atom is -0.374 e. The molecule has 1 saturated carbocycles. The van der Waals surface area contributed by atoms with Gasteiger partial charge in [0.25, 0.3) is 0 Å². The molecule has 2 heterocycles. The molecular formula is C16H24ClN3O. The Bertz CT molecular complexity index is 477. The lowest BCUT2D eigenvalue weighted by Crippen LogP contribution is -2.35. The highest BCUT2D eigenvalue weighted by molar-refractivity contribution is 6.29. The van der Waals surface area contributed by atoms with Crippen LogP contribution in [0.1, 0.15) is 51.3 Å². The molecule has 1 saturated heterocycles. The first-order valence-corrected chi connectivity index (χ1v) is 8.53. The van der Waals surface area contributed by atoms with E-state index in [9.17, 15) is 0 Å². The third-order valence-corrected chi connectivity index (χ3v) is 4.89. The van der Waals surface area contributed by atoms with Crippen LogP contribution in [0.3, 0.4) is 0 Å². The minimum atomic E-state index is 0.437. The van der Waals surface area contributed by atoms with E-state index in [1.807, 2.05) is 13.0 Å². The van der Waals surface area contributed by atoms with E-state index in [1.54, 1.807) is 0 Å². The molecule has 0 radical (unpaired) electrons. The van der Waals surface area contributed by atoms with Gasteiger partial charge in [-0.2, -0.15) is 0 Å². The number of nitrogens with zero attached hydrogens (tertiary/aromatic N) is 3. The molecule has 116 valence electrons. The molecule has 3 rings (SSSR count). The van der Waals surface area contributed by atoms with Gasteiger partial charge in [0.2, 0.25) is 0 Å². The van der Waals surface area contributed by atoms with Gasteiger partial charge in [0.15, 0.2) is 5.82 Å². The van der Waals surface area contributed by atoms with E-state index in [0.717, 1.165) is 18.3 Å². The van der Waals surface area contributed by atoms with Crippen LogP contribution in [0.15, 0.2) is 6.07 Å². The predicted octanol–water partition coefficient (Wildman–Crippen LogP) is 3.83. The van der Waals surface area contributed by atoms with Crippen LogP contribution in [-0.4, -0.2) is 29.2 Å². The molecular weight excluding hydrogens is 286 g/mol. The Morgan fingerprint density at radius 3 is 2.81 bits per heavy atom. The number of anilines is 1. The molecule has 0 spiro atoms. The minimum absolute atomic E-state index is 0.437. The van der Waals surface area contributed by atoms with E-state index in [0.29, 0.717) is 30.2 Å². The lowest BCUT2D eigenvalue weighted by Gasteiger charge is -2.30. The van der Waals surface area contributed by atoms with E-state index in [1.165, 1.54) is 38.5 Å². The first-order chi connectivity index (χ1) is 10.3. The fraction of sp³-hybridized carbons (Fsp3) is 0.750. The second-order valence-electron chi connectivity index (χ2n) is 6.05. The number of halogens is 1. The molecule has 5 heteroatoms. The molecule has 2 aliphatic rings. The zero-order valence-corrected chi connectivity index (χ0v) is 13.5. The Balaban J connectivity index is 1.79. The Labute approximate surface area is 131 Å². The van der Waals surface area contributed by atoms with Gasteiger partial charge in [0, 0.05) is 25.3 Å². The maximum absolute atomic E-state index is 6.18. The number of rotatable bonds is 5. The van der Waals surface area contributed by atoms with E-state index >= 15 is 0 Å². The van der Waals surface area contributed by atoms with E-state index in [4.69, 9.17) is 16.3 Å². The maximum atomic E-state index is 6.18. The van der Waals surface area contributed by atoms with Crippen LogP contribution in [0.2, 0.25) is 5.15 Å². The van der Waals surface area contributed by atoms with E-state index < -0.39 is 0 Å². The van der Waals surface area contributed by atoms with Gasteiger partial charge in [-0.25, -0.2) is 9.97 Å². The molecule has 1 aromatic heterocycles. The molecule has 1 aliphatic heterocycles. The molecule has 2 fully saturated rings. The van der Waals surface area contributed by atoms with Crippen LogP contribution < -0.4 is 4.90 Å². The van der Waals surface area contributed by atoms with Crippen molar-refractivity contribution in [2.75, 3.05) is 18.1 Å². The van der Waals surface area contributed by atoms with Gasteiger partial charge in [0.1, 0.15) is 17.6 Å². The molecule has 1 unspecified atom stereocenters. The summed E-state index contributed by atoms with van der Waals surface area (Å²) in [6.45, 7) is 4.16. The third-order valence-electron chi connectivity index (χ3n) is 4.70. The summed E-state index contributed by atoms with van der Waals surface area (Å²) >= 11 is 6.18. The molecule has 21 heavy (non-hydrogen) atoms. The molecule has 0 N–H and O–H groups in total. The normalized spacial score (nSPS) is 23.1. The second-order valence-corrected chi connectivity index (χ2v) is 6.44. The SMILES string of the molecule is CCOCc1nc(Cl)cc(N2CCCC2C2CCCC2)n1. The average Bonchev–Trinajstić information content (AvgIpc) is 3.14. The Hall–Kier alpha value is -0.870. The summed E-state index contributed by atoms with van der Waals surface area (Å²) in [5, 5.41) is 0.520. The number of aromatic nitrogens is 2. The van der Waals surface area contributed by atoms with Gasteiger partial charge in [-0.05, 0) is 38.5 Å². The van der Waals surface area contributed by atoms with Crippen LogP contribution in [0.25, 0.3) is 0 Å². The average molecular weight is 310 g/mol. The molecule has 0 aromatic carbocycles. The molecule has 0 amide bonds. The van der Waals surface area contributed by atoms with Crippen molar-refractivity contribution >= 4 is 17.4 Å². The van der Waals surface area contributed by atoms with Crippen LogP contribution >= 0.6 is 11.6 Å². The number of hydrogen-bond donors (Lipinski definition) is 0. The number of hydrogen-bond acceptors (Lipinski definition) is 4. The lowest BCUT2D eigenvalue weighted by molar-refractivity contribution is 0.128. The zero-order chi connectivity index (χ0) is 14.7. The highest BCUT2D eigenvalue weighted by atomic mass is 35.5. The Kier molecular flexibility index (Phi) is 4.96. The number of ether oxygens (including phenoxy) is 1. The highest BCUT2D eigenvalue weighted by Gasteiger charge is 2.34. The van der Waals surface area contributed by atoms with E-state index in [-0.39, 0.29) is 0 Å². The van der Waals surface area contributed by atoms with Gasteiger partial charge in [-0.3, -0.25) is 0 Å². The van der Waals surface area contributed by atoms with Crippen molar-refractivity contribution in [1.82, 2.24) is 9.97 Å². The van der Waals surface area contributed by atoms with Crippen molar-refractivity contribution in [2.45, 2.75) is 58.1 Å². The van der Waals surface area contributed by atoms with Gasteiger partial charge < -0.3 is 9.64 Å². The summed E-state index contributed by atoms with van der Waals surface area (Å²) < 4.78 is 5.42. The van der Waals surface area contributed by atoms with Crippen molar-refractivity contribution in [3.05, 3.63) is 17.0 Å². The van der Waals surface area contributed by atoms with E-state index in [2.05, 4.69) is 14.9 Å². The highest BCUT2D eigenvalue weighted by Crippen LogP contribution is 2.37. The summed E-state index contributed by atoms with van der Waals surface area (Å²) in [5.41, 5.74) is 0. The summed E-state index contributed by atoms with van der Waals surface area (Å²) in [4.78, 5) is 11.4. The Morgan fingerprint density at radius 1 is 1.24 bits per heavy atom. The summed E-state index contributed by atoms with van der Waals surface area (Å²) in [5.74, 6) is 2.51. The summed E-state index contributed by atoms with van der Waals surface area (Å²) in [6, 6.07) is 2.54. The first-order valence-electron chi connectivity index (χ1n) is 8.15. The van der Waals surface area contributed by atoms with Crippen LogP contribution in [0.5, 0.6) is 0 Å². The molecule has 1 atom stereocenters. The van der Waals surface area contributed by atoms with Gasteiger partial charge in [0.05, 0.1) is 0 Å². The van der Waals surface area contributed by atoms with Crippen molar-refractivity contribution in [2.24, 2.45) is 5.92 Å². The zero-order valence-electron chi connectivity index (χ0n) is 12.7. The fourth-order valence-corrected chi connectivity index (χ4v) is 3.96. The van der Waals surface area contributed by atoms with Crippen molar-refractivity contribution in [3.8, 4) is 0 Å². The van der Waals surface area contributed by atoms with Crippen molar-refractivity contribution < 1.29 is 4.74 Å². The fourth-order valence-electron chi connectivity index (χ4n) is 3.77. The summed E-state index contributed by atoms with van der Waals surface area (Å²) in [7, 11) is 0. The predicted molar refractivity (Wildman–Crippen MR) is 84.7 cm³/mol. The second kappa shape index (κ2) is 6.93. The third kappa shape index (κ3) is 3.49. The molecule has 1 aromatic rings. The van der Waals surface area contributed by atoms with Crippen molar-refractivity contribution in [1.29, 1.82) is 0 Å². The standard InChI is InChI=1S/C16H24ClN3O/c1-2-21-11-15-18-14(17)10-16(19-15)20-9-5-8-13(20)12-6-3-4-7-12/h10,12-13H,2-9,11H2,1H3. The van der Waals surface area contributed by atoms with Crippen LogP contribution in [0, 0.1) is 5.92 Å². The first kappa shape index (κ1) is 15.0. The largest absolute Gasteiger partial charge is 0.374 e. The van der Waals surface area contributed by atoms with Gasteiger partial charge in [-0.1, -0.05) is 24.4 Å². The lowest BCUT2D eigenvalue weighted by atomic mass is 9.96. The van der Waals surface area contributed by atoms with Crippen LogP contribution in [-0.2, 0) is 11.3 Å². The van der Waals surface area contributed by atoms with Gasteiger partial charge in [-0.15, -0.1) is 0 Å². The topological polar surface area (TPSA) is 38.2 Å². The maximum Gasteiger partial charge on any atom is 0.158 e. The molecule has 1 aliphatic carbocycles. The van der Waals surface area contributed by atoms with Crippen molar-refractivity contribution in [3.63, 3.8) is 0 Å². The molecule has 0 bridgehead atoms. The summed E-state index contributed by atoms with van der Waals surface area (Å²) in [6.07, 6.45) is 8.04. The van der Waals surface area contributed by atoms with Crippen LogP contribution in [0.4, 0.5) is 5.82 Å². The smallest absolute Gasteiger partial charge is 0.158 e.